The van der Waals surface area contributed by atoms with E-state index in [1.807, 2.05) is 6.92 Å². The Bertz CT molecular complexity index is 474. The molecule has 18 heavy (non-hydrogen) atoms. The Morgan fingerprint density at radius 2 is 2.17 bits per heavy atom. The van der Waals surface area contributed by atoms with Gasteiger partial charge in [-0.05, 0) is 37.8 Å². The van der Waals surface area contributed by atoms with Gasteiger partial charge in [0.05, 0.1) is 11.1 Å². The van der Waals surface area contributed by atoms with Crippen molar-refractivity contribution in [3.05, 3.63) is 35.4 Å². The minimum absolute atomic E-state index is 0.156. The largest absolute Gasteiger partial charge is 0.345 e. The van der Waals surface area contributed by atoms with Gasteiger partial charge in [0.1, 0.15) is 11.6 Å². The van der Waals surface area contributed by atoms with E-state index < -0.39 is 23.1 Å². The minimum atomic E-state index is -0.859. The lowest BCUT2D eigenvalue weighted by Gasteiger charge is -2.29. The molecule has 0 aromatic heterocycles. The first-order valence-corrected chi connectivity index (χ1v) is 5.94. The molecule has 1 unspecified atom stereocenters. The summed E-state index contributed by atoms with van der Waals surface area (Å²) in [6, 6.07) is 2.91. The van der Waals surface area contributed by atoms with Gasteiger partial charge in [-0.2, -0.15) is 0 Å². The zero-order chi connectivity index (χ0) is 13.3. The maximum atomic E-state index is 13.5. The molecule has 0 heterocycles. The van der Waals surface area contributed by atoms with E-state index in [-0.39, 0.29) is 5.56 Å². The van der Waals surface area contributed by atoms with Gasteiger partial charge in [0.2, 0.25) is 0 Å². The summed E-state index contributed by atoms with van der Waals surface area (Å²) >= 11 is 0. The molecule has 0 aliphatic heterocycles. The summed E-state index contributed by atoms with van der Waals surface area (Å²) in [6.07, 6.45) is 2.03. The first kappa shape index (κ1) is 13.0. The van der Waals surface area contributed by atoms with Crippen LogP contribution in [0.25, 0.3) is 0 Å². The van der Waals surface area contributed by atoms with Crippen LogP contribution in [0, 0.1) is 17.6 Å². The van der Waals surface area contributed by atoms with Crippen LogP contribution in [0.3, 0.4) is 0 Å². The van der Waals surface area contributed by atoms with Crippen LogP contribution < -0.4 is 11.1 Å². The minimum Gasteiger partial charge on any atom is -0.345 e. The molecule has 1 saturated carbocycles. The molecule has 0 radical (unpaired) electrons. The number of hydrogen-bond donors (Lipinski definition) is 2. The second kappa shape index (κ2) is 4.65. The lowest BCUT2D eigenvalue weighted by molar-refractivity contribution is 0.0893. The Hall–Kier alpha value is -1.49. The number of hydrogen-bond acceptors (Lipinski definition) is 2. The van der Waals surface area contributed by atoms with Crippen LogP contribution >= 0.6 is 0 Å². The van der Waals surface area contributed by atoms with E-state index >= 15 is 0 Å². The van der Waals surface area contributed by atoms with Crippen molar-refractivity contribution in [3.63, 3.8) is 0 Å². The molecular weight excluding hydrogens is 238 g/mol. The first-order chi connectivity index (χ1) is 8.46. The number of carbonyl (C=O) groups excluding carboxylic acids is 1. The van der Waals surface area contributed by atoms with Crippen molar-refractivity contribution < 1.29 is 13.6 Å². The summed E-state index contributed by atoms with van der Waals surface area (Å²) in [6.45, 7) is 2.15. The van der Waals surface area contributed by atoms with E-state index in [2.05, 4.69) is 5.32 Å². The Labute approximate surface area is 104 Å². The maximum Gasteiger partial charge on any atom is 0.254 e. The fourth-order valence-electron chi connectivity index (χ4n) is 2.04. The predicted molar refractivity (Wildman–Crippen MR) is 64.0 cm³/mol. The topological polar surface area (TPSA) is 55.1 Å². The Morgan fingerprint density at radius 1 is 1.50 bits per heavy atom. The highest BCUT2D eigenvalue weighted by Crippen LogP contribution is 2.39. The van der Waals surface area contributed by atoms with Crippen LogP contribution in [-0.4, -0.2) is 18.0 Å². The van der Waals surface area contributed by atoms with Crippen molar-refractivity contribution in [2.45, 2.75) is 25.3 Å². The Kier molecular flexibility index (Phi) is 3.34. The third kappa shape index (κ3) is 2.51. The van der Waals surface area contributed by atoms with Gasteiger partial charge in [0, 0.05) is 12.6 Å². The van der Waals surface area contributed by atoms with Gasteiger partial charge >= 0.3 is 0 Å². The molecule has 1 aromatic carbocycles. The normalized spacial score (nSPS) is 18.2. The number of amides is 1. The Morgan fingerprint density at radius 3 is 2.67 bits per heavy atom. The smallest absolute Gasteiger partial charge is 0.254 e. The zero-order valence-electron chi connectivity index (χ0n) is 10.2. The summed E-state index contributed by atoms with van der Waals surface area (Å²) in [7, 11) is 0. The molecule has 1 aliphatic carbocycles. The van der Waals surface area contributed by atoms with Crippen LogP contribution in [0.5, 0.6) is 0 Å². The second-order valence-electron chi connectivity index (χ2n) is 4.97. The number of nitrogens with one attached hydrogen (secondary N) is 1. The molecule has 0 bridgehead atoms. The van der Waals surface area contributed by atoms with Gasteiger partial charge in [-0.1, -0.05) is 0 Å². The fourth-order valence-corrected chi connectivity index (χ4v) is 2.04. The molecule has 0 spiro atoms. The van der Waals surface area contributed by atoms with Crippen molar-refractivity contribution in [1.29, 1.82) is 0 Å². The van der Waals surface area contributed by atoms with Gasteiger partial charge in [0.25, 0.3) is 5.91 Å². The zero-order valence-corrected chi connectivity index (χ0v) is 10.2. The first-order valence-electron chi connectivity index (χ1n) is 5.94. The highest BCUT2D eigenvalue weighted by Gasteiger charge is 2.41. The summed E-state index contributed by atoms with van der Waals surface area (Å²) in [5, 5.41) is 2.76. The van der Waals surface area contributed by atoms with E-state index in [0.29, 0.717) is 18.5 Å². The standard InChI is InChI=1S/C13H16F2N2O/c1-13(7-16,8-2-3-8)17-12(18)10-5-4-9(14)6-11(10)15/h4-6,8H,2-3,7,16H2,1H3,(H,17,18). The maximum absolute atomic E-state index is 13.5. The number of rotatable bonds is 4. The fraction of sp³-hybridized carbons (Fsp3) is 0.462. The average molecular weight is 254 g/mol. The molecule has 1 amide bonds. The SMILES string of the molecule is CC(CN)(NC(=O)c1ccc(F)cc1F)C1CC1. The van der Waals surface area contributed by atoms with E-state index in [1.165, 1.54) is 0 Å². The van der Waals surface area contributed by atoms with Gasteiger partial charge < -0.3 is 11.1 Å². The van der Waals surface area contributed by atoms with Gasteiger partial charge in [-0.3, -0.25) is 4.79 Å². The van der Waals surface area contributed by atoms with Crippen molar-refractivity contribution in [2.75, 3.05) is 6.54 Å². The molecule has 3 nitrogen and oxygen atoms in total. The van der Waals surface area contributed by atoms with Crippen LogP contribution in [0.1, 0.15) is 30.1 Å². The number of nitrogens with two attached hydrogens (primary N) is 1. The molecule has 2 rings (SSSR count). The van der Waals surface area contributed by atoms with E-state index in [1.54, 1.807) is 0 Å². The van der Waals surface area contributed by atoms with Crippen LogP contribution in [-0.2, 0) is 0 Å². The summed E-state index contributed by atoms with van der Waals surface area (Å²) in [4.78, 5) is 12.0. The molecule has 3 N–H and O–H groups in total. The van der Waals surface area contributed by atoms with Gasteiger partial charge in [0.15, 0.2) is 0 Å². The lowest BCUT2D eigenvalue weighted by atomic mass is 9.95. The number of halogens is 2. The monoisotopic (exact) mass is 254 g/mol. The van der Waals surface area contributed by atoms with Crippen molar-refractivity contribution in [2.24, 2.45) is 11.7 Å². The third-order valence-electron chi connectivity index (χ3n) is 3.48. The second-order valence-corrected chi connectivity index (χ2v) is 4.97. The number of benzene rings is 1. The quantitative estimate of drug-likeness (QED) is 0.861. The summed E-state index contributed by atoms with van der Waals surface area (Å²) in [5.74, 6) is -1.77. The van der Waals surface area contributed by atoms with Gasteiger partial charge in [-0.15, -0.1) is 0 Å². The highest BCUT2D eigenvalue weighted by molar-refractivity contribution is 5.95. The molecule has 5 heteroatoms. The Balaban J connectivity index is 2.16. The molecule has 1 atom stereocenters. The molecule has 0 saturated heterocycles. The molecule has 1 aromatic rings. The number of carbonyl (C=O) groups is 1. The average Bonchev–Trinajstić information content (AvgIpc) is 3.12. The molecule has 98 valence electrons. The molecule has 1 aliphatic rings. The summed E-state index contributed by atoms with van der Waals surface area (Å²) in [5.41, 5.74) is 5.00. The van der Waals surface area contributed by atoms with E-state index in [0.717, 1.165) is 25.0 Å². The molecule has 1 fully saturated rings. The predicted octanol–water partition coefficient (Wildman–Crippen LogP) is 1.82. The van der Waals surface area contributed by atoms with E-state index in [9.17, 15) is 13.6 Å². The lowest BCUT2D eigenvalue weighted by Crippen LogP contribution is -2.53. The van der Waals surface area contributed by atoms with E-state index in [4.69, 9.17) is 5.73 Å². The van der Waals surface area contributed by atoms with Crippen LogP contribution in [0.4, 0.5) is 8.78 Å². The molecular formula is C13H16F2N2O. The third-order valence-corrected chi connectivity index (χ3v) is 3.48. The highest BCUT2D eigenvalue weighted by atomic mass is 19.1. The van der Waals surface area contributed by atoms with Crippen molar-refractivity contribution in [1.82, 2.24) is 5.32 Å². The van der Waals surface area contributed by atoms with Crippen LogP contribution in [0.2, 0.25) is 0 Å². The van der Waals surface area contributed by atoms with Crippen LogP contribution in [0.15, 0.2) is 18.2 Å². The van der Waals surface area contributed by atoms with Crippen molar-refractivity contribution in [3.8, 4) is 0 Å². The van der Waals surface area contributed by atoms with Crippen molar-refractivity contribution >= 4 is 5.91 Å². The summed E-state index contributed by atoms with van der Waals surface area (Å²) < 4.78 is 26.2. The van der Waals surface area contributed by atoms with Gasteiger partial charge in [-0.25, -0.2) is 8.78 Å².